The summed E-state index contributed by atoms with van der Waals surface area (Å²) in [5, 5.41) is 34.1. The summed E-state index contributed by atoms with van der Waals surface area (Å²) in [6, 6.07) is 0. The van der Waals surface area contributed by atoms with Crippen LogP contribution < -0.4 is 0 Å². The molecule has 0 radical (unpaired) electrons. The van der Waals surface area contributed by atoms with Crippen molar-refractivity contribution < 1.29 is 58.2 Å². The highest BCUT2D eigenvalue weighted by molar-refractivity contribution is 6.39. The van der Waals surface area contributed by atoms with Crippen molar-refractivity contribution in [1.82, 2.24) is 4.90 Å². The highest BCUT2D eigenvalue weighted by Crippen LogP contribution is 2.40. The van der Waals surface area contributed by atoms with Crippen molar-refractivity contribution in [3.8, 4) is 0 Å². The molecule has 3 fully saturated rings. The second kappa shape index (κ2) is 20.0. The fourth-order valence-electron chi connectivity index (χ4n) is 9.22. The minimum Gasteiger partial charge on any atom is -0.456 e. The standard InChI is InChI=1S/C43H69NO12/c1-10-30-15-13-14-25(2)20-35(53-8)38-36(54-9)22-27(4)43(51,56-38)39(48)40(49)44-19-12-11-18-42(44,6)41(50)55-37(28(5)32(46)24-33(30)47)26(3)21-29-16-17-31(45)34(23-29)52-7/h13,15,21,25,27-32,34-38,45-46,51H,10-12,14,16-20,22-24H2,1-9H3. The van der Waals surface area contributed by atoms with E-state index in [1.54, 1.807) is 27.9 Å². The van der Waals surface area contributed by atoms with Gasteiger partial charge >= 0.3 is 5.97 Å². The number of amides is 1. The van der Waals surface area contributed by atoms with Crippen molar-refractivity contribution >= 4 is 23.4 Å². The van der Waals surface area contributed by atoms with E-state index in [1.165, 1.54) is 19.1 Å². The Balaban J connectivity index is 1.78. The van der Waals surface area contributed by atoms with E-state index in [0.717, 1.165) is 0 Å². The predicted molar refractivity (Wildman–Crippen MR) is 208 cm³/mol. The monoisotopic (exact) mass is 791 g/mol. The van der Waals surface area contributed by atoms with Gasteiger partial charge in [-0.25, -0.2) is 4.79 Å². The van der Waals surface area contributed by atoms with Gasteiger partial charge in [-0.2, -0.15) is 0 Å². The van der Waals surface area contributed by atoms with E-state index < -0.39 is 83.4 Å². The smallest absolute Gasteiger partial charge is 0.332 e. The summed E-state index contributed by atoms with van der Waals surface area (Å²) in [5.74, 6) is -7.58. The van der Waals surface area contributed by atoms with Crippen LogP contribution in [0, 0.1) is 29.6 Å². The molecule has 1 amide bonds. The number of hydrogen-bond acceptors (Lipinski definition) is 12. The molecule has 1 aliphatic carbocycles. The van der Waals surface area contributed by atoms with Gasteiger partial charge in [-0.05, 0) is 95.5 Å². The van der Waals surface area contributed by atoms with Crippen molar-refractivity contribution in [3.05, 3.63) is 23.8 Å². The number of ketones is 2. The molecule has 3 aliphatic heterocycles. The molecule has 0 spiro atoms. The number of aliphatic hydroxyl groups is 3. The number of fused-ring (bicyclic) bond motifs is 3. The number of ether oxygens (including phenoxy) is 5. The highest BCUT2D eigenvalue weighted by atomic mass is 16.7. The first-order chi connectivity index (χ1) is 26.4. The lowest BCUT2D eigenvalue weighted by Crippen LogP contribution is -2.66. The Morgan fingerprint density at radius 2 is 1.61 bits per heavy atom. The van der Waals surface area contributed by atoms with E-state index in [0.29, 0.717) is 56.9 Å². The van der Waals surface area contributed by atoms with Crippen molar-refractivity contribution in [2.45, 2.75) is 166 Å². The van der Waals surface area contributed by atoms with Gasteiger partial charge < -0.3 is 43.9 Å². The minimum atomic E-state index is -2.51. The van der Waals surface area contributed by atoms with E-state index in [9.17, 15) is 34.5 Å². The van der Waals surface area contributed by atoms with Gasteiger partial charge in [-0.15, -0.1) is 0 Å². The number of rotatable bonds is 6. The molecule has 4 aliphatic rings. The van der Waals surface area contributed by atoms with Crippen LogP contribution in [0.1, 0.15) is 112 Å². The van der Waals surface area contributed by atoms with Crippen LogP contribution in [-0.2, 0) is 42.9 Å². The fourth-order valence-corrected chi connectivity index (χ4v) is 9.22. The lowest BCUT2D eigenvalue weighted by molar-refractivity contribution is -0.302. The van der Waals surface area contributed by atoms with Crippen LogP contribution in [0.5, 0.6) is 0 Å². The van der Waals surface area contributed by atoms with Crippen molar-refractivity contribution in [3.63, 3.8) is 0 Å². The summed E-state index contributed by atoms with van der Waals surface area (Å²) in [6.07, 6.45) is 5.42. The zero-order valence-corrected chi connectivity index (χ0v) is 35.1. The molecule has 0 aromatic heterocycles. The van der Waals surface area contributed by atoms with Gasteiger partial charge in [0.15, 0.2) is 0 Å². The molecule has 0 aromatic carbocycles. The summed E-state index contributed by atoms with van der Waals surface area (Å²) >= 11 is 0. The van der Waals surface area contributed by atoms with Gasteiger partial charge in [-0.1, -0.05) is 45.9 Å². The Morgan fingerprint density at radius 3 is 2.25 bits per heavy atom. The summed E-state index contributed by atoms with van der Waals surface area (Å²) in [6.45, 7) is 10.8. The third-order valence-electron chi connectivity index (χ3n) is 13.2. The zero-order chi connectivity index (χ0) is 41.5. The van der Waals surface area contributed by atoms with Crippen LogP contribution in [-0.4, -0.2) is 126 Å². The van der Waals surface area contributed by atoms with E-state index in [4.69, 9.17) is 23.7 Å². The number of Topliss-reactive ketones (excluding diaryl/α,β-unsaturated/α-hetero) is 2. The number of piperidine rings is 1. The van der Waals surface area contributed by atoms with Gasteiger partial charge in [0, 0.05) is 52.0 Å². The number of cyclic esters (lactones) is 1. The second-order valence-corrected chi connectivity index (χ2v) is 17.2. The van der Waals surface area contributed by atoms with Gasteiger partial charge in [0.05, 0.1) is 30.5 Å². The van der Waals surface area contributed by atoms with E-state index in [1.807, 2.05) is 39.0 Å². The molecule has 14 unspecified atom stereocenters. The second-order valence-electron chi connectivity index (χ2n) is 17.2. The molecule has 3 N–H and O–H groups in total. The van der Waals surface area contributed by atoms with E-state index in [-0.39, 0.29) is 49.5 Å². The first-order valence-electron chi connectivity index (χ1n) is 20.7. The van der Waals surface area contributed by atoms with Gasteiger partial charge in [0.1, 0.15) is 23.5 Å². The number of esters is 1. The molecule has 14 atom stereocenters. The molecule has 13 nitrogen and oxygen atoms in total. The van der Waals surface area contributed by atoms with Crippen LogP contribution in [0.25, 0.3) is 0 Å². The summed E-state index contributed by atoms with van der Waals surface area (Å²) in [4.78, 5) is 58.1. The van der Waals surface area contributed by atoms with Gasteiger partial charge in [0.25, 0.3) is 11.7 Å². The molecule has 2 bridgehead atoms. The maximum atomic E-state index is 14.6. The zero-order valence-electron chi connectivity index (χ0n) is 35.1. The fraction of sp³-hybridized carbons (Fsp3) is 0.814. The Bertz CT molecular complexity index is 1430. The van der Waals surface area contributed by atoms with Crippen LogP contribution in [0.4, 0.5) is 0 Å². The maximum absolute atomic E-state index is 14.6. The quantitative estimate of drug-likeness (QED) is 0.196. The number of allylic oxidation sites excluding steroid dienone is 3. The van der Waals surface area contributed by atoms with Gasteiger partial charge in [0.2, 0.25) is 5.79 Å². The van der Waals surface area contributed by atoms with Crippen molar-refractivity contribution in [2.24, 2.45) is 29.6 Å². The van der Waals surface area contributed by atoms with E-state index >= 15 is 0 Å². The lowest BCUT2D eigenvalue weighted by atomic mass is 9.81. The van der Waals surface area contributed by atoms with Crippen LogP contribution >= 0.6 is 0 Å². The van der Waals surface area contributed by atoms with Crippen LogP contribution in [0.3, 0.4) is 0 Å². The third-order valence-corrected chi connectivity index (χ3v) is 13.2. The summed E-state index contributed by atoms with van der Waals surface area (Å²) < 4.78 is 29.8. The van der Waals surface area contributed by atoms with Crippen molar-refractivity contribution in [2.75, 3.05) is 27.9 Å². The number of hydrogen-bond donors (Lipinski definition) is 3. The SMILES string of the molecule is CCC1C=CCC(C)CC(OC)C2OC(O)(C(=O)C(=O)N3CCCCC3(C)C(=O)OC(C(C)=CC3CCC(O)C(OC)C3)C(C)C(O)CC1=O)C(C)CC2OC. The third kappa shape index (κ3) is 10.2. The normalized spacial score (nSPS) is 41.8. The summed E-state index contributed by atoms with van der Waals surface area (Å²) in [5.41, 5.74) is -0.934. The Labute approximate surface area is 333 Å². The maximum Gasteiger partial charge on any atom is 0.332 e. The number of aliphatic hydroxyl groups excluding tert-OH is 2. The molecular weight excluding hydrogens is 722 g/mol. The first kappa shape index (κ1) is 46.2. The predicted octanol–water partition coefficient (Wildman–Crippen LogP) is 4.47. The molecule has 1 saturated carbocycles. The average Bonchev–Trinajstić information content (AvgIpc) is 3.17. The Kier molecular flexibility index (Phi) is 16.5. The first-order valence-corrected chi connectivity index (χ1v) is 20.7. The van der Waals surface area contributed by atoms with Crippen LogP contribution in [0.15, 0.2) is 23.8 Å². The average molecular weight is 792 g/mol. The van der Waals surface area contributed by atoms with Gasteiger partial charge in [-0.3, -0.25) is 14.4 Å². The number of nitrogens with zero attached hydrogens (tertiary/aromatic N) is 1. The molecule has 4 rings (SSSR count). The Morgan fingerprint density at radius 1 is 0.946 bits per heavy atom. The minimum absolute atomic E-state index is 0.00593. The molecule has 318 valence electrons. The molecule has 13 heteroatoms. The molecule has 3 heterocycles. The van der Waals surface area contributed by atoms with E-state index in [2.05, 4.69) is 0 Å². The molecular formula is C43H69NO12. The number of methoxy groups -OCH3 is 3. The summed E-state index contributed by atoms with van der Waals surface area (Å²) in [7, 11) is 4.62. The molecule has 2 saturated heterocycles. The largest absolute Gasteiger partial charge is 0.456 e. The molecule has 0 aromatic rings. The number of carbonyl (C=O) groups excluding carboxylic acids is 4. The highest BCUT2D eigenvalue weighted by Gasteiger charge is 2.58. The van der Waals surface area contributed by atoms with Crippen LogP contribution in [0.2, 0.25) is 0 Å². The number of carbonyl (C=O) groups is 4. The van der Waals surface area contributed by atoms with Crippen molar-refractivity contribution in [1.29, 1.82) is 0 Å². The lowest BCUT2D eigenvalue weighted by Gasteiger charge is -2.48. The Hall–Kier alpha value is -2.52. The molecule has 56 heavy (non-hydrogen) atoms. The topological polar surface area (TPSA) is 178 Å².